The van der Waals surface area contributed by atoms with Crippen molar-refractivity contribution in [2.45, 2.75) is 18.9 Å². The van der Waals surface area contributed by atoms with Gasteiger partial charge < -0.3 is 9.42 Å². The molecule has 1 aliphatic rings. The summed E-state index contributed by atoms with van der Waals surface area (Å²) < 4.78 is 18.6. The smallest absolute Gasteiger partial charge is 0.249 e. The predicted molar refractivity (Wildman–Crippen MR) is 86.7 cm³/mol. The topological polar surface area (TPSA) is 72.1 Å². The summed E-state index contributed by atoms with van der Waals surface area (Å²) in [6.07, 6.45) is 4.24. The van der Waals surface area contributed by atoms with Crippen molar-refractivity contribution in [1.29, 1.82) is 0 Å². The molecule has 0 saturated carbocycles. The number of carbonyl (C=O) groups is 1. The van der Waals surface area contributed by atoms with Crippen molar-refractivity contribution in [3.05, 3.63) is 66.1 Å². The Labute approximate surface area is 143 Å². The van der Waals surface area contributed by atoms with E-state index in [1.807, 2.05) is 6.07 Å². The number of amides is 1. The molecule has 3 aromatic rings. The Kier molecular flexibility index (Phi) is 3.97. The van der Waals surface area contributed by atoms with Crippen LogP contribution in [0.2, 0.25) is 0 Å². The number of rotatable bonds is 4. The zero-order valence-electron chi connectivity index (χ0n) is 13.3. The zero-order valence-corrected chi connectivity index (χ0v) is 13.3. The van der Waals surface area contributed by atoms with Gasteiger partial charge in [0.05, 0.1) is 6.42 Å². The molecule has 25 heavy (non-hydrogen) atoms. The second kappa shape index (κ2) is 6.43. The van der Waals surface area contributed by atoms with Crippen LogP contribution in [0.15, 0.2) is 53.3 Å². The van der Waals surface area contributed by atoms with Gasteiger partial charge in [-0.3, -0.25) is 9.78 Å². The number of halogens is 1. The van der Waals surface area contributed by atoms with E-state index >= 15 is 0 Å². The Morgan fingerprint density at radius 2 is 2.24 bits per heavy atom. The van der Waals surface area contributed by atoms with Crippen molar-refractivity contribution < 1.29 is 13.7 Å². The summed E-state index contributed by atoms with van der Waals surface area (Å²) in [5.41, 5.74) is 1.41. The number of nitrogens with zero attached hydrogens (tertiary/aromatic N) is 4. The lowest BCUT2D eigenvalue weighted by Gasteiger charge is -2.38. The first kappa shape index (κ1) is 15.4. The summed E-state index contributed by atoms with van der Waals surface area (Å²) in [4.78, 5) is 22.6. The molecule has 1 saturated heterocycles. The molecule has 0 radical (unpaired) electrons. The molecule has 1 aliphatic heterocycles. The van der Waals surface area contributed by atoms with Crippen LogP contribution in [-0.4, -0.2) is 32.5 Å². The average Bonchev–Trinajstić information content (AvgIpc) is 3.04. The first-order valence-electron chi connectivity index (χ1n) is 7.98. The largest absolute Gasteiger partial charge is 0.337 e. The van der Waals surface area contributed by atoms with Gasteiger partial charge in [0.15, 0.2) is 0 Å². The second-order valence-corrected chi connectivity index (χ2v) is 5.90. The molecular formula is C18H15FN4O2. The minimum absolute atomic E-state index is 0.0806. The lowest BCUT2D eigenvalue weighted by Crippen LogP contribution is -2.46. The Hall–Kier alpha value is -3.09. The van der Waals surface area contributed by atoms with Crippen molar-refractivity contribution in [3.8, 4) is 11.4 Å². The fraction of sp³-hybridized carbons (Fsp3) is 0.222. The number of carbonyl (C=O) groups excluding carboxylic acids is 1. The molecule has 1 fully saturated rings. The van der Waals surface area contributed by atoms with Gasteiger partial charge in [0, 0.05) is 24.5 Å². The van der Waals surface area contributed by atoms with E-state index in [0.717, 1.165) is 12.0 Å². The minimum atomic E-state index is -0.344. The molecular weight excluding hydrogens is 323 g/mol. The van der Waals surface area contributed by atoms with Crippen molar-refractivity contribution in [2.24, 2.45) is 0 Å². The summed E-state index contributed by atoms with van der Waals surface area (Å²) in [7, 11) is 0. The first-order chi connectivity index (χ1) is 12.2. The van der Waals surface area contributed by atoms with E-state index in [1.165, 1.54) is 12.1 Å². The summed E-state index contributed by atoms with van der Waals surface area (Å²) in [5, 5.41) is 3.97. The van der Waals surface area contributed by atoms with Crippen LogP contribution >= 0.6 is 0 Å². The summed E-state index contributed by atoms with van der Waals surface area (Å²) >= 11 is 0. The lowest BCUT2D eigenvalue weighted by molar-refractivity contribution is -0.139. The van der Waals surface area contributed by atoms with E-state index in [9.17, 15) is 9.18 Å². The molecule has 1 aromatic carbocycles. The van der Waals surface area contributed by atoms with E-state index in [2.05, 4.69) is 15.1 Å². The van der Waals surface area contributed by atoms with Crippen LogP contribution in [0.3, 0.4) is 0 Å². The van der Waals surface area contributed by atoms with Crippen LogP contribution in [0, 0.1) is 5.82 Å². The van der Waals surface area contributed by atoms with Gasteiger partial charge in [-0.1, -0.05) is 17.3 Å². The molecule has 3 heterocycles. The molecule has 6 nitrogen and oxygen atoms in total. The van der Waals surface area contributed by atoms with Gasteiger partial charge >= 0.3 is 0 Å². The van der Waals surface area contributed by atoms with Crippen molar-refractivity contribution in [2.75, 3.05) is 6.54 Å². The van der Waals surface area contributed by atoms with E-state index in [-0.39, 0.29) is 24.2 Å². The summed E-state index contributed by atoms with van der Waals surface area (Å²) in [6, 6.07) is 9.49. The Balaban J connectivity index is 1.47. The molecule has 0 aliphatic carbocycles. The molecule has 2 aromatic heterocycles. The Bertz CT molecular complexity index is 897. The quantitative estimate of drug-likeness (QED) is 0.731. The predicted octanol–water partition coefficient (Wildman–Crippen LogP) is 2.79. The number of likely N-dealkylation sites (tertiary alicyclic amines) is 1. The Morgan fingerprint density at radius 3 is 2.96 bits per heavy atom. The van der Waals surface area contributed by atoms with Crippen LogP contribution in [0.25, 0.3) is 11.4 Å². The molecule has 4 rings (SSSR count). The number of hydrogen-bond acceptors (Lipinski definition) is 5. The van der Waals surface area contributed by atoms with Crippen LogP contribution < -0.4 is 0 Å². The highest BCUT2D eigenvalue weighted by molar-refractivity contribution is 5.80. The maximum absolute atomic E-state index is 13.3. The fourth-order valence-electron chi connectivity index (χ4n) is 2.85. The van der Waals surface area contributed by atoms with Gasteiger partial charge in [-0.15, -0.1) is 0 Å². The number of aromatic nitrogens is 3. The monoisotopic (exact) mass is 338 g/mol. The van der Waals surface area contributed by atoms with Gasteiger partial charge in [0.2, 0.25) is 17.6 Å². The molecule has 126 valence electrons. The number of hydrogen-bond donors (Lipinski definition) is 0. The molecule has 1 unspecified atom stereocenters. The molecule has 7 heteroatoms. The third kappa shape index (κ3) is 3.13. The van der Waals surface area contributed by atoms with Crippen molar-refractivity contribution in [3.63, 3.8) is 0 Å². The normalized spacial score (nSPS) is 16.5. The highest BCUT2D eigenvalue weighted by Gasteiger charge is 2.37. The van der Waals surface area contributed by atoms with Crippen molar-refractivity contribution in [1.82, 2.24) is 20.0 Å². The summed E-state index contributed by atoms with van der Waals surface area (Å²) in [5.74, 6) is 0.441. The Morgan fingerprint density at radius 1 is 1.32 bits per heavy atom. The van der Waals surface area contributed by atoms with Crippen molar-refractivity contribution >= 4 is 5.91 Å². The van der Waals surface area contributed by atoms with Crippen LogP contribution in [-0.2, 0) is 11.2 Å². The van der Waals surface area contributed by atoms with Crippen LogP contribution in [0.5, 0.6) is 0 Å². The minimum Gasteiger partial charge on any atom is -0.337 e. The van der Waals surface area contributed by atoms with Gasteiger partial charge in [0.25, 0.3) is 0 Å². The van der Waals surface area contributed by atoms with E-state index in [1.54, 1.807) is 35.5 Å². The number of pyridine rings is 1. The highest BCUT2D eigenvalue weighted by atomic mass is 19.1. The van der Waals surface area contributed by atoms with Crippen LogP contribution in [0.4, 0.5) is 4.39 Å². The molecule has 1 atom stereocenters. The van der Waals surface area contributed by atoms with Gasteiger partial charge in [-0.25, -0.2) is 4.39 Å². The second-order valence-electron chi connectivity index (χ2n) is 5.90. The lowest BCUT2D eigenvalue weighted by atomic mass is 10.0. The number of benzene rings is 1. The molecule has 0 bridgehead atoms. The molecule has 0 N–H and O–H groups in total. The molecule has 1 amide bonds. The third-order valence-electron chi connectivity index (χ3n) is 4.23. The highest BCUT2D eigenvalue weighted by Crippen LogP contribution is 2.33. The van der Waals surface area contributed by atoms with Gasteiger partial charge in [0.1, 0.15) is 11.9 Å². The van der Waals surface area contributed by atoms with E-state index in [4.69, 9.17) is 4.52 Å². The maximum atomic E-state index is 13.3. The van der Waals surface area contributed by atoms with Gasteiger partial charge in [-0.05, 0) is 36.2 Å². The fourth-order valence-corrected chi connectivity index (χ4v) is 2.85. The summed E-state index contributed by atoms with van der Waals surface area (Å²) in [6.45, 7) is 0.628. The van der Waals surface area contributed by atoms with E-state index < -0.39 is 0 Å². The molecule has 0 spiro atoms. The SMILES string of the molecule is O=C(Cc1cccc(F)c1)N1CCC1c1nc(-c2cccnc2)no1. The standard InChI is InChI=1S/C18H15FN4O2/c19-14-5-1-3-12(9-14)10-16(24)23-8-6-15(23)18-21-17(22-25-18)13-4-2-7-20-11-13/h1-5,7,9,11,15H,6,8,10H2. The average molecular weight is 338 g/mol. The van der Waals surface area contributed by atoms with E-state index in [0.29, 0.717) is 23.8 Å². The maximum Gasteiger partial charge on any atom is 0.249 e. The van der Waals surface area contributed by atoms with Gasteiger partial charge in [-0.2, -0.15) is 4.98 Å². The van der Waals surface area contributed by atoms with Crippen LogP contribution in [0.1, 0.15) is 23.9 Å². The zero-order chi connectivity index (χ0) is 17.2. The first-order valence-corrected chi connectivity index (χ1v) is 7.98. The third-order valence-corrected chi connectivity index (χ3v) is 4.23.